The Kier molecular flexibility index (Phi) is 5.76. The molecule has 29 heavy (non-hydrogen) atoms. The van der Waals surface area contributed by atoms with E-state index in [1.165, 1.54) is 25.2 Å². The predicted octanol–water partition coefficient (Wildman–Crippen LogP) is 4.65. The lowest BCUT2D eigenvalue weighted by molar-refractivity contribution is -0.141. The number of benzene rings is 2. The van der Waals surface area contributed by atoms with Gasteiger partial charge < -0.3 is 10.2 Å². The third-order valence-electron chi connectivity index (χ3n) is 3.98. The van der Waals surface area contributed by atoms with E-state index in [4.69, 9.17) is 0 Å². The highest BCUT2D eigenvalue weighted by molar-refractivity contribution is 5.95. The molecule has 0 radical (unpaired) electrons. The van der Waals surface area contributed by atoms with E-state index in [1.807, 2.05) is 0 Å². The van der Waals surface area contributed by atoms with Crippen molar-refractivity contribution in [1.29, 1.82) is 0 Å². The maximum absolute atomic E-state index is 13.5. The van der Waals surface area contributed by atoms with Crippen molar-refractivity contribution in [3.05, 3.63) is 83.4 Å². The summed E-state index contributed by atoms with van der Waals surface area (Å²) in [7, 11) is 1.40. The molecule has 1 amide bonds. The Morgan fingerprint density at radius 2 is 1.83 bits per heavy atom. The smallest absolute Gasteiger partial charge is 0.337 e. The van der Waals surface area contributed by atoms with Gasteiger partial charge in [0.15, 0.2) is 5.69 Å². The summed E-state index contributed by atoms with van der Waals surface area (Å²) in [6.45, 7) is 0.125. The molecule has 3 aromatic rings. The van der Waals surface area contributed by atoms with Crippen molar-refractivity contribution in [2.45, 2.75) is 12.7 Å². The van der Waals surface area contributed by atoms with E-state index in [1.54, 1.807) is 30.3 Å². The van der Waals surface area contributed by atoms with Gasteiger partial charge in [-0.1, -0.05) is 36.4 Å². The highest BCUT2D eigenvalue weighted by atomic mass is 19.4. The third-order valence-corrected chi connectivity index (χ3v) is 3.98. The molecule has 2 aromatic carbocycles. The number of anilines is 2. The molecule has 0 aliphatic heterocycles. The zero-order valence-electron chi connectivity index (χ0n) is 15.2. The minimum Gasteiger partial charge on any atom is -0.337 e. The highest BCUT2D eigenvalue weighted by Crippen LogP contribution is 2.32. The molecule has 5 nitrogen and oxygen atoms in total. The van der Waals surface area contributed by atoms with Crippen molar-refractivity contribution in [1.82, 2.24) is 14.9 Å². The predicted molar refractivity (Wildman–Crippen MR) is 99.0 cm³/mol. The molecule has 0 saturated heterocycles. The monoisotopic (exact) mass is 404 g/mol. The van der Waals surface area contributed by atoms with Gasteiger partial charge in [0.1, 0.15) is 5.82 Å². The average Bonchev–Trinajstić information content (AvgIpc) is 2.67. The van der Waals surface area contributed by atoms with Gasteiger partial charge in [-0.3, -0.25) is 4.79 Å². The van der Waals surface area contributed by atoms with Gasteiger partial charge >= 0.3 is 6.18 Å². The number of nitrogens with one attached hydrogen (secondary N) is 1. The molecule has 0 spiro atoms. The normalized spacial score (nSPS) is 11.2. The van der Waals surface area contributed by atoms with Crippen LogP contribution in [0.5, 0.6) is 0 Å². The molecular formula is C20H16F4N4O. The summed E-state index contributed by atoms with van der Waals surface area (Å²) >= 11 is 0. The minimum absolute atomic E-state index is 0.125. The second kappa shape index (κ2) is 8.26. The van der Waals surface area contributed by atoms with E-state index in [2.05, 4.69) is 15.3 Å². The van der Waals surface area contributed by atoms with Crippen molar-refractivity contribution < 1.29 is 22.4 Å². The first-order valence-corrected chi connectivity index (χ1v) is 8.50. The number of halogens is 4. The third kappa shape index (κ3) is 5.07. The first kappa shape index (κ1) is 20.2. The Labute approximate surface area is 164 Å². The number of rotatable bonds is 5. The molecule has 1 aromatic heterocycles. The van der Waals surface area contributed by atoms with Crippen molar-refractivity contribution in [2.24, 2.45) is 0 Å². The summed E-state index contributed by atoms with van der Waals surface area (Å²) in [4.78, 5) is 21.0. The molecule has 0 bridgehead atoms. The van der Waals surface area contributed by atoms with Crippen LogP contribution in [0.2, 0.25) is 0 Å². The average molecular weight is 404 g/mol. The second-order valence-electron chi connectivity index (χ2n) is 6.24. The molecule has 0 unspecified atom stereocenters. The van der Waals surface area contributed by atoms with Gasteiger partial charge in [-0.2, -0.15) is 13.2 Å². The molecule has 0 atom stereocenters. The lowest BCUT2D eigenvalue weighted by Gasteiger charge is -2.20. The Balaban J connectivity index is 1.88. The fraction of sp³-hybridized carbons (Fsp3) is 0.150. The number of nitrogens with zero attached hydrogens (tertiary/aromatic N) is 3. The SMILES string of the molecule is CN(Cc1ccccc1)C(=O)c1cnc(Nc2cccc(F)c2)nc1C(F)(F)F. The number of carbonyl (C=O) groups excluding carboxylic acids is 1. The molecule has 150 valence electrons. The Hall–Kier alpha value is -3.49. The number of amides is 1. The van der Waals surface area contributed by atoms with Gasteiger partial charge in [0, 0.05) is 25.5 Å². The van der Waals surface area contributed by atoms with Crippen LogP contribution in [0.15, 0.2) is 60.8 Å². The molecule has 3 rings (SSSR count). The van der Waals surface area contributed by atoms with Crippen LogP contribution in [-0.4, -0.2) is 27.8 Å². The topological polar surface area (TPSA) is 58.1 Å². The zero-order chi connectivity index (χ0) is 21.0. The molecule has 0 aliphatic carbocycles. The summed E-state index contributed by atoms with van der Waals surface area (Å²) in [5.74, 6) is -1.83. The van der Waals surface area contributed by atoms with Gasteiger partial charge in [0.25, 0.3) is 5.91 Å². The van der Waals surface area contributed by atoms with E-state index >= 15 is 0 Å². The van der Waals surface area contributed by atoms with E-state index < -0.39 is 35.1 Å². The fourth-order valence-electron chi connectivity index (χ4n) is 2.64. The van der Waals surface area contributed by atoms with Crippen LogP contribution >= 0.6 is 0 Å². The highest BCUT2D eigenvalue weighted by Gasteiger charge is 2.38. The molecule has 0 fully saturated rings. The molecule has 1 heterocycles. The molecule has 0 saturated carbocycles. The summed E-state index contributed by atoms with van der Waals surface area (Å²) in [5, 5.41) is 2.51. The number of hydrogen-bond acceptors (Lipinski definition) is 4. The summed E-state index contributed by atoms with van der Waals surface area (Å²) in [5.41, 5.74) is -1.09. The van der Waals surface area contributed by atoms with Crippen molar-refractivity contribution in [2.75, 3.05) is 12.4 Å². The number of aromatic nitrogens is 2. The van der Waals surface area contributed by atoms with Crippen LogP contribution in [0.25, 0.3) is 0 Å². The summed E-state index contributed by atoms with van der Waals surface area (Å²) < 4.78 is 53.9. The van der Waals surface area contributed by atoms with E-state index in [-0.39, 0.29) is 12.2 Å². The van der Waals surface area contributed by atoms with Gasteiger partial charge in [0.05, 0.1) is 5.56 Å². The maximum Gasteiger partial charge on any atom is 0.434 e. The van der Waals surface area contributed by atoms with Gasteiger partial charge in [-0.05, 0) is 23.8 Å². The zero-order valence-corrected chi connectivity index (χ0v) is 15.2. The lowest BCUT2D eigenvalue weighted by Crippen LogP contribution is -2.29. The van der Waals surface area contributed by atoms with Crippen LogP contribution in [0, 0.1) is 5.82 Å². The number of carbonyl (C=O) groups is 1. The lowest BCUT2D eigenvalue weighted by atomic mass is 10.1. The van der Waals surface area contributed by atoms with Gasteiger partial charge in [0.2, 0.25) is 5.95 Å². The van der Waals surface area contributed by atoms with Gasteiger partial charge in [-0.25, -0.2) is 14.4 Å². The maximum atomic E-state index is 13.5. The largest absolute Gasteiger partial charge is 0.434 e. The summed E-state index contributed by atoms with van der Waals surface area (Å²) in [6, 6.07) is 14.0. The summed E-state index contributed by atoms with van der Waals surface area (Å²) in [6.07, 6.45) is -4.05. The molecule has 0 aliphatic rings. The van der Waals surface area contributed by atoms with Crippen LogP contribution in [0.1, 0.15) is 21.6 Å². The van der Waals surface area contributed by atoms with Crippen LogP contribution in [-0.2, 0) is 12.7 Å². The Bertz CT molecular complexity index is 1010. The second-order valence-corrected chi connectivity index (χ2v) is 6.24. The van der Waals surface area contributed by atoms with E-state index in [9.17, 15) is 22.4 Å². The van der Waals surface area contributed by atoms with Crippen LogP contribution in [0.4, 0.5) is 29.2 Å². The fourth-order valence-corrected chi connectivity index (χ4v) is 2.64. The van der Waals surface area contributed by atoms with Gasteiger partial charge in [-0.15, -0.1) is 0 Å². The number of hydrogen-bond donors (Lipinski definition) is 1. The molecular weight excluding hydrogens is 388 g/mol. The standard InChI is InChI=1S/C20H16F4N4O/c1-28(12-13-6-3-2-4-7-13)18(29)16-11-25-19(27-17(16)20(22,23)24)26-15-9-5-8-14(21)10-15/h2-11H,12H2,1H3,(H,25,26,27). The quantitative estimate of drug-likeness (QED) is 0.629. The van der Waals surface area contributed by atoms with E-state index in [0.29, 0.717) is 0 Å². The molecule has 1 N–H and O–H groups in total. The Morgan fingerprint density at radius 3 is 2.48 bits per heavy atom. The van der Waals surface area contributed by atoms with Crippen LogP contribution < -0.4 is 5.32 Å². The Morgan fingerprint density at radius 1 is 1.10 bits per heavy atom. The van der Waals surface area contributed by atoms with Crippen molar-refractivity contribution in [3.63, 3.8) is 0 Å². The van der Waals surface area contributed by atoms with E-state index in [0.717, 1.165) is 22.7 Å². The minimum atomic E-state index is -4.88. The first-order chi connectivity index (χ1) is 13.7. The first-order valence-electron chi connectivity index (χ1n) is 8.50. The van der Waals surface area contributed by atoms with Crippen LogP contribution in [0.3, 0.4) is 0 Å². The molecule has 9 heteroatoms. The van der Waals surface area contributed by atoms with Crippen molar-refractivity contribution in [3.8, 4) is 0 Å². The van der Waals surface area contributed by atoms with Crippen molar-refractivity contribution >= 4 is 17.5 Å². The number of alkyl halides is 3.